The van der Waals surface area contributed by atoms with Gasteiger partial charge in [-0.3, -0.25) is 4.79 Å². The number of ether oxygens (including phenoxy) is 3. The van der Waals surface area contributed by atoms with Gasteiger partial charge in [0.15, 0.2) is 5.78 Å². The minimum Gasteiger partial charge on any atom is -0.508 e. The van der Waals surface area contributed by atoms with Gasteiger partial charge in [-0.15, -0.1) is 0 Å². The summed E-state index contributed by atoms with van der Waals surface area (Å²) in [4.78, 5) is 12.8. The first kappa shape index (κ1) is 15.2. The molecular weight excluding hydrogens is 296 g/mol. The van der Waals surface area contributed by atoms with E-state index < -0.39 is 0 Å². The van der Waals surface area contributed by atoms with Crippen LogP contribution in [0.3, 0.4) is 0 Å². The zero-order valence-electron chi connectivity index (χ0n) is 13.0. The Morgan fingerprint density at radius 2 is 2.00 bits per heavy atom. The molecule has 1 N–H and O–H groups in total. The standard InChI is InChI=1S/C18H18O5/c1-21-13-8-15(22-2)17-16(9-13)23-10-12(18(17)20)7-11-5-3-4-6-14(11)19/h3-6,8-9,12,19H,7,10H2,1-2H3/t12-/m0/s1. The van der Waals surface area contributed by atoms with Gasteiger partial charge < -0.3 is 19.3 Å². The van der Waals surface area contributed by atoms with Crippen molar-refractivity contribution in [2.24, 2.45) is 5.92 Å². The van der Waals surface area contributed by atoms with Crippen LogP contribution in [0.1, 0.15) is 15.9 Å². The van der Waals surface area contributed by atoms with Crippen molar-refractivity contribution in [1.29, 1.82) is 0 Å². The van der Waals surface area contributed by atoms with Crippen molar-refractivity contribution in [3.05, 3.63) is 47.5 Å². The van der Waals surface area contributed by atoms with Crippen molar-refractivity contribution < 1.29 is 24.1 Å². The maximum Gasteiger partial charge on any atom is 0.177 e. The first-order valence-electron chi connectivity index (χ1n) is 7.34. The molecule has 0 saturated heterocycles. The van der Waals surface area contributed by atoms with E-state index in [1.807, 2.05) is 12.1 Å². The summed E-state index contributed by atoms with van der Waals surface area (Å²) in [5.41, 5.74) is 1.16. The lowest BCUT2D eigenvalue weighted by Crippen LogP contribution is -2.30. The molecule has 0 unspecified atom stereocenters. The maximum absolute atomic E-state index is 12.8. The zero-order chi connectivity index (χ0) is 16.4. The summed E-state index contributed by atoms with van der Waals surface area (Å²) < 4.78 is 16.3. The number of fused-ring (bicyclic) bond motifs is 1. The van der Waals surface area contributed by atoms with E-state index in [0.717, 1.165) is 5.56 Å². The molecule has 1 aliphatic rings. The van der Waals surface area contributed by atoms with E-state index in [2.05, 4.69) is 0 Å². The molecule has 0 bridgehead atoms. The van der Waals surface area contributed by atoms with Gasteiger partial charge in [0.2, 0.25) is 0 Å². The highest BCUT2D eigenvalue weighted by Gasteiger charge is 2.33. The van der Waals surface area contributed by atoms with Crippen LogP contribution in [0.5, 0.6) is 23.0 Å². The smallest absolute Gasteiger partial charge is 0.177 e. The largest absolute Gasteiger partial charge is 0.508 e. The van der Waals surface area contributed by atoms with Gasteiger partial charge in [-0.05, 0) is 18.1 Å². The van der Waals surface area contributed by atoms with Crippen LogP contribution >= 0.6 is 0 Å². The monoisotopic (exact) mass is 314 g/mol. The highest BCUT2D eigenvalue weighted by Crippen LogP contribution is 2.39. The molecule has 23 heavy (non-hydrogen) atoms. The number of para-hydroxylation sites is 1. The van der Waals surface area contributed by atoms with Gasteiger partial charge in [0.05, 0.1) is 26.7 Å². The number of methoxy groups -OCH3 is 2. The fourth-order valence-electron chi connectivity index (χ4n) is 2.77. The Balaban J connectivity index is 1.93. The first-order valence-corrected chi connectivity index (χ1v) is 7.34. The predicted molar refractivity (Wildman–Crippen MR) is 84.7 cm³/mol. The summed E-state index contributed by atoms with van der Waals surface area (Å²) in [6.45, 7) is 0.260. The first-order chi connectivity index (χ1) is 11.1. The fourth-order valence-corrected chi connectivity index (χ4v) is 2.77. The van der Waals surface area contributed by atoms with E-state index in [4.69, 9.17) is 14.2 Å². The number of Topliss-reactive ketones (excluding diaryl/α,β-unsaturated/α-hetero) is 1. The lowest BCUT2D eigenvalue weighted by molar-refractivity contribution is 0.0825. The van der Waals surface area contributed by atoms with Gasteiger partial charge in [0.1, 0.15) is 28.6 Å². The molecule has 3 rings (SSSR count). The number of carbonyl (C=O) groups is 1. The molecule has 1 atom stereocenters. The van der Waals surface area contributed by atoms with E-state index in [0.29, 0.717) is 29.2 Å². The van der Waals surface area contributed by atoms with E-state index in [-0.39, 0.29) is 24.1 Å². The van der Waals surface area contributed by atoms with Gasteiger partial charge in [-0.2, -0.15) is 0 Å². The number of rotatable bonds is 4. The number of carbonyl (C=O) groups excluding carboxylic acids is 1. The van der Waals surface area contributed by atoms with Crippen LogP contribution in [0, 0.1) is 5.92 Å². The number of phenols is 1. The minimum absolute atomic E-state index is 0.0472. The van der Waals surface area contributed by atoms with Crippen molar-refractivity contribution in [1.82, 2.24) is 0 Å². The van der Waals surface area contributed by atoms with Gasteiger partial charge in [0.25, 0.3) is 0 Å². The van der Waals surface area contributed by atoms with Gasteiger partial charge in [-0.1, -0.05) is 18.2 Å². The summed E-state index contributed by atoms with van der Waals surface area (Å²) >= 11 is 0. The summed E-state index contributed by atoms with van der Waals surface area (Å²) in [7, 11) is 3.06. The Bertz CT molecular complexity index is 721. The van der Waals surface area contributed by atoms with E-state index in [1.165, 1.54) is 7.11 Å². The van der Waals surface area contributed by atoms with Crippen LogP contribution < -0.4 is 14.2 Å². The van der Waals surface area contributed by atoms with Crippen LogP contribution in [0.2, 0.25) is 0 Å². The second-order valence-corrected chi connectivity index (χ2v) is 5.41. The molecule has 120 valence electrons. The quantitative estimate of drug-likeness (QED) is 0.940. The molecule has 5 nitrogen and oxygen atoms in total. The number of aromatic hydroxyl groups is 1. The molecule has 0 radical (unpaired) electrons. The third-order valence-electron chi connectivity index (χ3n) is 4.01. The van der Waals surface area contributed by atoms with Crippen LogP contribution in [-0.4, -0.2) is 31.7 Å². The number of hydrogen-bond acceptors (Lipinski definition) is 5. The highest BCUT2D eigenvalue weighted by molar-refractivity contribution is 6.04. The number of ketones is 1. The average Bonchev–Trinajstić information content (AvgIpc) is 2.58. The Kier molecular flexibility index (Phi) is 4.10. The highest BCUT2D eigenvalue weighted by atomic mass is 16.5. The van der Waals surface area contributed by atoms with Gasteiger partial charge >= 0.3 is 0 Å². The SMILES string of the molecule is COc1cc(OC)c2c(c1)OC[C@H](Cc1ccccc1O)C2=O. The lowest BCUT2D eigenvalue weighted by Gasteiger charge is -2.26. The summed E-state index contributed by atoms with van der Waals surface area (Å²) in [6, 6.07) is 10.4. The van der Waals surface area contributed by atoms with E-state index in [1.54, 1.807) is 31.4 Å². The van der Waals surface area contributed by atoms with Crippen molar-refractivity contribution in [3.8, 4) is 23.0 Å². The molecule has 5 heteroatoms. The summed E-state index contributed by atoms with van der Waals surface area (Å²) in [5.74, 6) is 1.26. The molecule has 1 aliphatic heterocycles. The molecule has 0 aromatic heterocycles. The van der Waals surface area contributed by atoms with Crippen LogP contribution in [0.25, 0.3) is 0 Å². The Morgan fingerprint density at radius 1 is 1.22 bits per heavy atom. The molecule has 0 aliphatic carbocycles. The summed E-state index contributed by atoms with van der Waals surface area (Å²) in [5, 5.41) is 9.90. The second-order valence-electron chi connectivity index (χ2n) is 5.41. The minimum atomic E-state index is -0.363. The number of benzene rings is 2. The number of hydrogen-bond donors (Lipinski definition) is 1. The molecule has 0 amide bonds. The molecule has 0 fully saturated rings. The topological polar surface area (TPSA) is 65.0 Å². The van der Waals surface area contributed by atoms with Gasteiger partial charge in [-0.25, -0.2) is 0 Å². The normalized spacial score (nSPS) is 16.4. The predicted octanol–water partition coefficient (Wildman–Crippen LogP) is 2.84. The molecule has 0 spiro atoms. The third-order valence-corrected chi connectivity index (χ3v) is 4.01. The molecule has 0 saturated carbocycles. The van der Waals surface area contributed by atoms with Crippen molar-refractivity contribution in [3.63, 3.8) is 0 Å². The number of phenolic OH excluding ortho intramolecular Hbond substituents is 1. The molecule has 2 aromatic rings. The summed E-state index contributed by atoms with van der Waals surface area (Å²) in [6.07, 6.45) is 0.417. The Labute approximate surface area is 134 Å². The van der Waals surface area contributed by atoms with Crippen molar-refractivity contribution in [2.75, 3.05) is 20.8 Å². The maximum atomic E-state index is 12.8. The fraction of sp³-hybridized carbons (Fsp3) is 0.278. The Hall–Kier alpha value is -2.69. The third kappa shape index (κ3) is 2.82. The van der Waals surface area contributed by atoms with Gasteiger partial charge in [0, 0.05) is 12.1 Å². The van der Waals surface area contributed by atoms with Crippen LogP contribution in [0.15, 0.2) is 36.4 Å². The molecular formula is C18H18O5. The van der Waals surface area contributed by atoms with Crippen LogP contribution in [-0.2, 0) is 6.42 Å². The average molecular weight is 314 g/mol. The van der Waals surface area contributed by atoms with E-state index in [9.17, 15) is 9.90 Å². The molecule has 1 heterocycles. The molecule has 2 aromatic carbocycles. The van der Waals surface area contributed by atoms with E-state index >= 15 is 0 Å². The zero-order valence-corrected chi connectivity index (χ0v) is 13.0. The van der Waals surface area contributed by atoms with Crippen LogP contribution in [0.4, 0.5) is 0 Å². The lowest BCUT2D eigenvalue weighted by atomic mass is 9.89. The van der Waals surface area contributed by atoms with Crippen molar-refractivity contribution >= 4 is 5.78 Å². The van der Waals surface area contributed by atoms with Crippen molar-refractivity contribution in [2.45, 2.75) is 6.42 Å². The Morgan fingerprint density at radius 3 is 2.70 bits per heavy atom. The second kappa shape index (κ2) is 6.20.